The largest absolute Gasteiger partial charge is 0.392 e. The van der Waals surface area contributed by atoms with Gasteiger partial charge >= 0.3 is 0 Å². The van der Waals surface area contributed by atoms with Gasteiger partial charge in [-0.15, -0.1) is 0 Å². The van der Waals surface area contributed by atoms with Crippen LogP contribution in [-0.4, -0.2) is 23.5 Å². The van der Waals surface area contributed by atoms with E-state index in [0.29, 0.717) is 5.82 Å². The molecule has 0 aliphatic heterocycles. The molecule has 1 heterocycles. The van der Waals surface area contributed by atoms with Crippen molar-refractivity contribution in [2.24, 2.45) is 0 Å². The molecule has 0 saturated heterocycles. The summed E-state index contributed by atoms with van der Waals surface area (Å²) in [6.07, 6.45) is 1.28. The Hall–Kier alpha value is -1.70. The van der Waals surface area contributed by atoms with Gasteiger partial charge in [-0.2, -0.15) is 0 Å². The Morgan fingerprint density at radius 2 is 2.11 bits per heavy atom. The third-order valence-electron chi connectivity index (χ3n) is 2.61. The minimum absolute atomic E-state index is 0.0447. The maximum absolute atomic E-state index is 11.9. The molecule has 102 valence electrons. The first-order valence-corrected chi connectivity index (χ1v) is 7.19. The summed E-state index contributed by atoms with van der Waals surface area (Å²) in [5.74, 6) is 0.544. The highest BCUT2D eigenvalue weighted by Gasteiger charge is 2.15. The van der Waals surface area contributed by atoms with Gasteiger partial charge in [0.05, 0.1) is 12.8 Å². The summed E-state index contributed by atoms with van der Waals surface area (Å²) in [5.41, 5.74) is 1.53. The number of H-pyrrole nitrogens is 1. The first kappa shape index (κ1) is 13.7. The number of nitrogens with one attached hydrogen (secondary N) is 2. The van der Waals surface area contributed by atoms with Gasteiger partial charge in [-0.3, -0.25) is 0 Å². The van der Waals surface area contributed by atoms with Gasteiger partial charge in [0.2, 0.25) is 0 Å². The fourth-order valence-electron chi connectivity index (χ4n) is 1.63. The molecular weight excluding hydrogens is 266 g/mol. The second kappa shape index (κ2) is 5.52. The highest BCUT2D eigenvalue weighted by Crippen LogP contribution is 2.08. The average Bonchev–Trinajstić information content (AvgIpc) is 2.84. The average molecular weight is 281 g/mol. The Kier molecular flexibility index (Phi) is 3.98. The molecule has 0 spiro atoms. The Balaban J connectivity index is 2.09. The standard InChI is InChI=1S/C12H15N3O3S/c1-9-13-7-12(15-9)19(17,18)14-6-10-3-2-4-11(5-10)8-16/h2-5,7,14,16H,6,8H2,1H3,(H,13,15). The summed E-state index contributed by atoms with van der Waals surface area (Å²) in [4.78, 5) is 6.53. The fraction of sp³-hybridized carbons (Fsp3) is 0.250. The lowest BCUT2D eigenvalue weighted by molar-refractivity contribution is 0.281. The molecule has 0 amide bonds. The van der Waals surface area contributed by atoms with E-state index in [1.165, 1.54) is 6.20 Å². The Bertz CT molecular complexity index is 664. The van der Waals surface area contributed by atoms with E-state index in [1.807, 2.05) is 0 Å². The third kappa shape index (κ3) is 3.40. The minimum Gasteiger partial charge on any atom is -0.392 e. The number of aromatic amines is 1. The van der Waals surface area contributed by atoms with Gasteiger partial charge in [-0.1, -0.05) is 24.3 Å². The van der Waals surface area contributed by atoms with Crippen molar-refractivity contribution in [3.05, 3.63) is 47.4 Å². The monoisotopic (exact) mass is 281 g/mol. The molecule has 19 heavy (non-hydrogen) atoms. The molecular formula is C12H15N3O3S. The van der Waals surface area contributed by atoms with E-state index < -0.39 is 10.0 Å². The van der Waals surface area contributed by atoms with Crippen molar-refractivity contribution in [1.29, 1.82) is 0 Å². The van der Waals surface area contributed by atoms with Crippen LogP contribution in [0.5, 0.6) is 0 Å². The van der Waals surface area contributed by atoms with Gasteiger partial charge < -0.3 is 10.1 Å². The van der Waals surface area contributed by atoms with Crippen LogP contribution in [0.4, 0.5) is 0 Å². The quantitative estimate of drug-likeness (QED) is 0.751. The summed E-state index contributed by atoms with van der Waals surface area (Å²) in [6.45, 7) is 1.78. The van der Waals surface area contributed by atoms with Crippen molar-refractivity contribution >= 4 is 10.0 Å². The number of nitrogens with zero attached hydrogens (tertiary/aromatic N) is 1. The van der Waals surface area contributed by atoms with E-state index in [4.69, 9.17) is 5.11 Å². The van der Waals surface area contributed by atoms with Gasteiger partial charge in [0.15, 0.2) is 5.03 Å². The molecule has 2 aromatic rings. The number of rotatable bonds is 5. The van der Waals surface area contributed by atoms with Gasteiger partial charge in [-0.25, -0.2) is 18.1 Å². The van der Waals surface area contributed by atoms with E-state index in [0.717, 1.165) is 11.1 Å². The second-order valence-electron chi connectivity index (χ2n) is 4.14. The molecule has 6 nitrogen and oxygen atoms in total. The Labute approximate surface area is 111 Å². The van der Waals surface area contributed by atoms with E-state index in [9.17, 15) is 8.42 Å². The van der Waals surface area contributed by atoms with Gasteiger partial charge in [0.1, 0.15) is 5.82 Å². The number of aliphatic hydroxyl groups is 1. The van der Waals surface area contributed by atoms with Crippen molar-refractivity contribution in [2.75, 3.05) is 0 Å². The fourth-order valence-corrected chi connectivity index (χ4v) is 2.61. The van der Waals surface area contributed by atoms with Crippen LogP contribution in [0.25, 0.3) is 0 Å². The summed E-state index contributed by atoms with van der Waals surface area (Å²) in [5, 5.41) is 9.06. The first-order valence-electron chi connectivity index (χ1n) is 5.71. The predicted molar refractivity (Wildman–Crippen MR) is 69.7 cm³/mol. The second-order valence-corrected chi connectivity index (χ2v) is 5.87. The van der Waals surface area contributed by atoms with Gasteiger partial charge in [0, 0.05) is 6.54 Å². The molecule has 0 unspecified atom stereocenters. The molecule has 0 fully saturated rings. The SMILES string of the molecule is Cc1ncc(S(=O)(=O)NCc2cccc(CO)c2)[nH]1. The van der Waals surface area contributed by atoms with E-state index >= 15 is 0 Å². The predicted octanol–water partition coefficient (Wildman–Crippen LogP) is 0.689. The van der Waals surface area contributed by atoms with Crippen molar-refractivity contribution in [3.8, 4) is 0 Å². The van der Waals surface area contributed by atoms with Crippen LogP contribution in [0.15, 0.2) is 35.5 Å². The van der Waals surface area contributed by atoms with E-state index in [1.54, 1.807) is 31.2 Å². The third-order valence-corrected chi connectivity index (χ3v) is 3.92. The molecule has 1 aromatic carbocycles. The van der Waals surface area contributed by atoms with Crippen molar-refractivity contribution in [1.82, 2.24) is 14.7 Å². The lowest BCUT2D eigenvalue weighted by Gasteiger charge is -2.06. The number of benzene rings is 1. The van der Waals surface area contributed by atoms with Crippen molar-refractivity contribution in [2.45, 2.75) is 25.1 Å². The number of aromatic nitrogens is 2. The zero-order valence-electron chi connectivity index (χ0n) is 10.4. The Morgan fingerprint density at radius 1 is 1.37 bits per heavy atom. The molecule has 0 radical (unpaired) electrons. The van der Waals surface area contributed by atoms with Crippen molar-refractivity contribution in [3.63, 3.8) is 0 Å². The number of aryl methyl sites for hydroxylation is 1. The number of imidazole rings is 1. The summed E-state index contributed by atoms with van der Waals surface area (Å²) < 4.78 is 26.4. The van der Waals surface area contributed by atoms with E-state index in [-0.39, 0.29) is 18.2 Å². The molecule has 7 heteroatoms. The highest BCUT2D eigenvalue weighted by molar-refractivity contribution is 7.89. The molecule has 0 aliphatic rings. The maximum atomic E-state index is 11.9. The normalized spacial score (nSPS) is 11.7. The highest BCUT2D eigenvalue weighted by atomic mass is 32.2. The molecule has 2 rings (SSSR count). The zero-order chi connectivity index (χ0) is 13.9. The number of sulfonamides is 1. The molecule has 0 bridgehead atoms. The molecule has 0 aliphatic carbocycles. The van der Waals surface area contributed by atoms with Crippen LogP contribution in [0, 0.1) is 6.92 Å². The Morgan fingerprint density at radius 3 is 2.74 bits per heavy atom. The van der Waals surface area contributed by atoms with Crippen LogP contribution in [0.3, 0.4) is 0 Å². The van der Waals surface area contributed by atoms with Crippen LogP contribution in [0.2, 0.25) is 0 Å². The smallest absolute Gasteiger partial charge is 0.257 e. The van der Waals surface area contributed by atoms with Gasteiger partial charge in [0.25, 0.3) is 10.0 Å². The lowest BCUT2D eigenvalue weighted by atomic mass is 10.1. The van der Waals surface area contributed by atoms with Crippen LogP contribution in [0.1, 0.15) is 17.0 Å². The zero-order valence-corrected chi connectivity index (χ0v) is 11.2. The number of hydrogen-bond donors (Lipinski definition) is 3. The van der Waals surface area contributed by atoms with Crippen LogP contribution < -0.4 is 4.72 Å². The van der Waals surface area contributed by atoms with Gasteiger partial charge in [-0.05, 0) is 18.1 Å². The molecule has 1 aromatic heterocycles. The van der Waals surface area contributed by atoms with Crippen LogP contribution in [-0.2, 0) is 23.2 Å². The molecule has 0 saturated carbocycles. The summed E-state index contributed by atoms with van der Waals surface area (Å²) in [6, 6.07) is 7.09. The summed E-state index contributed by atoms with van der Waals surface area (Å²) in [7, 11) is -3.59. The van der Waals surface area contributed by atoms with E-state index in [2.05, 4.69) is 14.7 Å². The minimum atomic E-state index is -3.59. The molecule has 0 atom stereocenters. The number of aliphatic hydroxyl groups excluding tert-OH is 1. The topological polar surface area (TPSA) is 95.1 Å². The lowest BCUT2D eigenvalue weighted by Crippen LogP contribution is -2.23. The van der Waals surface area contributed by atoms with Crippen LogP contribution >= 0.6 is 0 Å². The maximum Gasteiger partial charge on any atom is 0.257 e. The molecule has 3 N–H and O–H groups in total. The number of hydrogen-bond acceptors (Lipinski definition) is 4. The summed E-state index contributed by atoms with van der Waals surface area (Å²) >= 11 is 0. The first-order chi connectivity index (χ1) is 9.01. The van der Waals surface area contributed by atoms with Crippen molar-refractivity contribution < 1.29 is 13.5 Å².